The van der Waals surface area contributed by atoms with Gasteiger partial charge >= 0.3 is 11.9 Å². The Morgan fingerprint density at radius 3 is 1.73 bits per heavy atom. The van der Waals surface area contributed by atoms with Gasteiger partial charge in [-0.05, 0) is 64.3 Å². The van der Waals surface area contributed by atoms with E-state index < -0.39 is 72.2 Å². The molecule has 272 valence electrons. The van der Waals surface area contributed by atoms with Gasteiger partial charge in [0, 0.05) is 26.1 Å². The third-order valence-corrected chi connectivity index (χ3v) is 7.54. The maximum atomic E-state index is 13.6. The Kier molecular flexibility index (Phi) is 18.9. The molecule has 1 rings (SSSR count). The highest BCUT2D eigenvalue weighted by Crippen LogP contribution is 2.20. The predicted molar refractivity (Wildman–Crippen MR) is 176 cm³/mol. The summed E-state index contributed by atoms with van der Waals surface area (Å²) in [5.41, 5.74) is 33.1. The van der Waals surface area contributed by atoms with E-state index in [-0.39, 0.29) is 70.1 Å². The second-order valence-electron chi connectivity index (χ2n) is 11.4. The summed E-state index contributed by atoms with van der Waals surface area (Å²) in [7, 11) is 0. The van der Waals surface area contributed by atoms with Crippen molar-refractivity contribution in [2.45, 2.75) is 101 Å². The van der Waals surface area contributed by atoms with E-state index in [9.17, 15) is 39.0 Å². The van der Waals surface area contributed by atoms with E-state index in [2.05, 4.69) is 25.9 Å². The molecule has 0 aliphatic carbocycles. The van der Waals surface area contributed by atoms with Crippen LogP contribution in [0.3, 0.4) is 0 Å². The third-order valence-electron chi connectivity index (χ3n) is 7.54. The molecular formula is C28H52N12O8. The zero-order valence-corrected chi connectivity index (χ0v) is 27.1. The monoisotopic (exact) mass is 684 g/mol. The molecule has 4 amide bonds. The summed E-state index contributed by atoms with van der Waals surface area (Å²) in [5.74, 6) is -5.74. The number of hydrogen-bond acceptors (Lipinski definition) is 10. The summed E-state index contributed by atoms with van der Waals surface area (Å²) < 4.78 is 0. The number of carboxylic acids is 2. The van der Waals surface area contributed by atoms with Gasteiger partial charge in [0.25, 0.3) is 0 Å². The first-order valence-electron chi connectivity index (χ1n) is 15.9. The fourth-order valence-electron chi connectivity index (χ4n) is 5.02. The molecule has 20 heteroatoms. The Bertz CT molecular complexity index is 1160. The average Bonchev–Trinajstić information content (AvgIpc) is 3.52. The average molecular weight is 685 g/mol. The number of nitrogens with zero attached hydrogens (tertiary/aromatic N) is 3. The molecule has 17 N–H and O–H groups in total. The fraction of sp³-hybridized carbons (Fsp3) is 0.714. The Hall–Kier alpha value is -4.72. The van der Waals surface area contributed by atoms with E-state index in [4.69, 9.17) is 34.4 Å². The van der Waals surface area contributed by atoms with Gasteiger partial charge in [0.2, 0.25) is 23.6 Å². The van der Waals surface area contributed by atoms with Gasteiger partial charge in [-0.1, -0.05) is 6.42 Å². The lowest BCUT2D eigenvalue weighted by molar-refractivity contribution is -0.150. The quantitative estimate of drug-likeness (QED) is 0.0277. The SMILES string of the molecule is NCCCC[C@H](N)C(=O)N[C@@H](CCCN=C(N)N)C(=O)N[C@@H](CCCN=C(N)N)C(=O)N[C@@H](CCC(=O)O)C(=O)N1CCC[C@H]1C(=O)O. The highest BCUT2D eigenvalue weighted by atomic mass is 16.4. The smallest absolute Gasteiger partial charge is 0.326 e. The first-order valence-corrected chi connectivity index (χ1v) is 15.9. The maximum Gasteiger partial charge on any atom is 0.326 e. The summed E-state index contributed by atoms with van der Waals surface area (Å²) in [4.78, 5) is 85.4. The number of aliphatic imine (C=N–C) groups is 2. The topological polar surface area (TPSA) is 363 Å². The lowest BCUT2D eigenvalue weighted by Crippen LogP contribution is -2.58. The van der Waals surface area contributed by atoms with E-state index in [1.165, 1.54) is 0 Å². The number of carbonyl (C=O) groups excluding carboxylic acids is 4. The summed E-state index contributed by atoms with van der Waals surface area (Å²) in [5, 5.41) is 26.5. The Morgan fingerprint density at radius 1 is 0.729 bits per heavy atom. The van der Waals surface area contributed by atoms with Gasteiger partial charge in [0.05, 0.1) is 6.04 Å². The van der Waals surface area contributed by atoms with Crippen LogP contribution in [0, 0.1) is 0 Å². The summed E-state index contributed by atoms with van der Waals surface area (Å²) >= 11 is 0. The molecule has 1 fully saturated rings. The van der Waals surface area contributed by atoms with Gasteiger partial charge in [-0.15, -0.1) is 0 Å². The number of carboxylic acid groups (broad SMARTS) is 2. The van der Waals surface area contributed by atoms with Crippen molar-refractivity contribution in [2.75, 3.05) is 26.2 Å². The molecule has 1 aliphatic rings. The Balaban J connectivity index is 3.25. The minimum absolute atomic E-state index is 0.0249. The van der Waals surface area contributed by atoms with Crippen LogP contribution in [-0.2, 0) is 28.8 Å². The number of aliphatic carboxylic acids is 2. The Labute approximate surface area is 278 Å². The molecule has 0 radical (unpaired) electrons. The molecule has 5 atom stereocenters. The summed E-state index contributed by atoms with van der Waals surface area (Å²) in [6, 6.07) is -5.90. The molecule has 1 heterocycles. The molecular weight excluding hydrogens is 632 g/mol. The predicted octanol–water partition coefficient (Wildman–Crippen LogP) is -4.06. The summed E-state index contributed by atoms with van der Waals surface area (Å²) in [6.45, 7) is 0.781. The number of unbranched alkanes of at least 4 members (excludes halogenated alkanes) is 1. The van der Waals surface area contributed by atoms with Crippen molar-refractivity contribution in [2.24, 2.45) is 44.4 Å². The van der Waals surface area contributed by atoms with Crippen molar-refractivity contribution in [3.63, 3.8) is 0 Å². The zero-order chi connectivity index (χ0) is 36.2. The van der Waals surface area contributed by atoms with Crippen molar-refractivity contribution in [3.8, 4) is 0 Å². The second kappa shape index (κ2) is 22.0. The normalized spacial score (nSPS) is 16.5. The molecule has 1 saturated heterocycles. The van der Waals surface area contributed by atoms with Crippen molar-refractivity contribution in [1.82, 2.24) is 20.9 Å². The van der Waals surface area contributed by atoms with Gasteiger partial charge in [-0.2, -0.15) is 0 Å². The second-order valence-corrected chi connectivity index (χ2v) is 11.4. The molecule has 0 aromatic rings. The lowest BCUT2D eigenvalue weighted by Gasteiger charge is -2.29. The number of likely N-dealkylation sites (tertiary alicyclic amines) is 1. The highest BCUT2D eigenvalue weighted by Gasteiger charge is 2.38. The number of amides is 4. The maximum absolute atomic E-state index is 13.6. The first-order chi connectivity index (χ1) is 22.7. The van der Waals surface area contributed by atoms with Gasteiger partial charge in [0.15, 0.2) is 11.9 Å². The van der Waals surface area contributed by atoms with E-state index in [0.29, 0.717) is 32.2 Å². The van der Waals surface area contributed by atoms with Gasteiger partial charge in [0.1, 0.15) is 24.2 Å². The Morgan fingerprint density at radius 2 is 1.25 bits per heavy atom. The van der Waals surface area contributed by atoms with Gasteiger partial charge in [-0.25, -0.2) is 4.79 Å². The van der Waals surface area contributed by atoms with Gasteiger partial charge in [-0.3, -0.25) is 34.0 Å². The minimum Gasteiger partial charge on any atom is -0.481 e. The molecule has 20 nitrogen and oxygen atoms in total. The van der Waals surface area contributed by atoms with Crippen LogP contribution in [0.2, 0.25) is 0 Å². The number of rotatable bonds is 23. The summed E-state index contributed by atoms with van der Waals surface area (Å²) in [6.07, 6.45) is 1.88. The van der Waals surface area contributed by atoms with Crippen LogP contribution in [-0.4, -0.2) is 119 Å². The van der Waals surface area contributed by atoms with Crippen LogP contribution in [0.1, 0.15) is 70.6 Å². The standard InChI is InChI=1S/C28H52N12O8/c29-12-2-1-6-16(30)22(43)37-17(7-3-13-35-27(31)32)23(44)38-18(8-4-14-36-28(33)34)24(45)39-19(10-11-21(41)42)25(46)40-15-5-9-20(40)26(47)48/h16-20H,1-15,29-30H2,(H,37,43)(H,38,44)(H,39,45)(H,41,42)(H,47,48)(H4,31,32,35)(H4,33,34,36)/t16-,17-,18-,19-,20-/m0/s1. The number of nitrogens with two attached hydrogens (primary N) is 6. The van der Waals surface area contributed by atoms with Crippen molar-refractivity contribution < 1.29 is 39.0 Å². The number of nitrogens with one attached hydrogen (secondary N) is 3. The van der Waals surface area contributed by atoms with E-state index in [1.807, 2.05) is 0 Å². The van der Waals surface area contributed by atoms with E-state index in [0.717, 1.165) is 4.90 Å². The first kappa shape index (κ1) is 41.3. The van der Waals surface area contributed by atoms with Crippen molar-refractivity contribution >= 4 is 47.5 Å². The van der Waals surface area contributed by atoms with Crippen molar-refractivity contribution in [3.05, 3.63) is 0 Å². The van der Waals surface area contributed by atoms with Crippen LogP contribution < -0.4 is 50.4 Å². The van der Waals surface area contributed by atoms with Crippen molar-refractivity contribution in [1.29, 1.82) is 0 Å². The fourth-order valence-corrected chi connectivity index (χ4v) is 5.02. The van der Waals surface area contributed by atoms with Crippen LogP contribution in [0.4, 0.5) is 0 Å². The van der Waals surface area contributed by atoms with E-state index >= 15 is 0 Å². The van der Waals surface area contributed by atoms with Crippen LogP contribution in [0.15, 0.2) is 9.98 Å². The number of carbonyl (C=O) groups is 6. The molecule has 1 aliphatic heterocycles. The minimum atomic E-state index is -1.40. The van der Waals surface area contributed by atoms with Crippen LogP contribution in [0.5, 0.6) is 0 Å². The number of guanidine groups is 2. The van der Waals surface area contributed by atoms with Crippen LogP contribution in [0.25, 0.3) is 0 Å². The highest BCUT2D eigenvalue weighted by molar-refractivity contribution is 5.95. The number of hydrogen-bond donors (Lipinski definition) is 11. The molecule has 0 saturated carbocycles. The third kappa shape index (κ3) is 15.7. The van der Waals surface area contributed by atoms with Gasteiger partial charge < -0.3 is 65.5 Å². The molecule has 0 bridgehead atoms. The lowest BCUT2D eigenvalue weighted by atomic mass is 10.0. The molecule has 0 unspecified atom stereocenters. The largest absolute Gasteiger partial charge is 0.481 e. The molecule has 0 aromatic heterocycles. The molecule has 48 heavy (non-hydrogen) atoms. The molecule has 0 spiro atoms. The van der Waals surface area contributed by atoms with Crippen LogP contribution >= 0.6 is 0 Å². The van der Waals surface area contributed by atoms with E-state index in [1.54, 1.807) is 0 Å². The zero-order valence-electron chi connectivity index (χ0n) is 27.1. The molecule has 0 aromatic carbocycles.